The Labute approximate surface area is 122 Å². The van der Waals surface area contributed by atoms with E-state index in [1.54, 1.807) is 0 Å². The lowest BCUT2D eigenvalue weighted by molar-refractivity contribution is -0.134. The highest BCUT2D eigenvalue weighted by molar-refractivity contribution is 5.92. The molecule has 3 rings (SSSR count). The summed E-state index contributed by atoms with van der Waals surface area (Å²) in [5.41, 5.74) is -0.159. The number of carbonyl (C=O) groups is 1. The molecule has 1 amide bonds. The molecule has 1 N–H and O–H groups in total. The third-order valence-electron chi connectivity index (χ3n) is 5.19. The van der Waals surface area contributed by atoms with Crippen LogP contribution in [0.3, 0.4) is 0 Å². The van der Waals surface area contributed by atoms with Crippen molar-refractivity contribution in [1.29, 1.82) is 0 Å². The van der Waals surface area contributed by atoms with Crippen LogP contribution in [0.5, 0.6) is 0 Å². The van der Waals surface area contributed by atoms with Gasteiger partial charge in [-0.05, 0) is 51.1 Å². The van der Waals surface area contributed by atoms with E-state index in [2.05, 4.69) is 35.9 Å². The fourth-order valence-electron chi connectivity index (χ4n) is 3.91. The average Bonchev–Trinajstić information content (AvgIpc) is 3.13. The molecule has 0 bridgehead atoms. The van der Waals surface area contributed by atoms with Gasteiger partial charge in [-0.2, -0.15) is 0 Å². The summed E-state index contributed by atoms with van der Waals surface area (Å²) in [5.74, 6) is 1.02. The summed E-state index contributed by atoms with van der Waals surface area (Å²) in [6.45, 7) is 10.1. The maximum Gasteiger partial charge on any atom is 0.244 e. The standard InChI is InChI=1S/C16H29N3O/c1-4-18-9-5-6-13(11-18)19-14(10-12(2)3)17-16(7-8-16)15(19)20/h12-14,17H,4-11H2,1-3H3. The lowest BCUT2D eigenvalue weighted by Gasteiger charge is -2.40. The van der Waals surface area contributed by atoms with Crippen molar-refractivity contribution < 1.29 is 4.79 Å². The Morgan fingerprint density at radius 1 is 1.40 bits per heavy atom. The van der Waals surface area contributed by atoms with Crippen molar-refractivity contribution in [2.45, 2.75) is 70.6 Å². The normalized spacial score (nSPS) is 33.4. The van der Waals surface area contributed by atoms with Gasteiger partial charge in [-0.25, -0.2) is 0 Å². The van der Waals surface area contributed by atoms with Crippen molar-refractivity contribution in [2.24, 2.45) is 5.92 Å². The fraction of sp³-hybridized carbons (Fsp3) is 0.938. The van der Waals surface area contributed by atoms with Gasteiger partial charge in [0.05, 0.1) is 11.7 Å². The van der Waals surface area contributed by atoms with Gasteiger partial charge in [0.1, 0.15) is 0 Å². The first-order chi connectivity index (χ1) is 9.55. The molecule has 0 aromatic rings. The molecular weight excluding hydrogens is 250 g/mol. The van der Waals surface area contributed by atoms with Crippen molar-refractivity contribution in [3.8, 4) is 0 Å². The van der Waals surface area contributed by atoms with Crippen molar-refractivity contribution in [1.82, 2.24) is 15.1 Å². The Morgan fingerprint density at radius 2 is 2.15 bits per heavy atom. The van der Waals surface area contributed by atoms with E-state index < -0.39 is 0 Å². The van der Waals surface area contributed by atoms with Crippen LogP contribution >= 0.6 is 0 Å². The molecule has 2 unspecified atom stereocenters. The predicted octanol–water partition coefficient (Wildman–Crippen LogP) is 1.81. The summed E-state index contributed by atoms with van der Waals surface area (Å²) in [7, 11) is 0. The second-order valence-electron chi connectivity index (χ2n) is 7.27. The summed E-state index contributed by atoms with van der Waals surface area (Å²) >= 11 is 0. The third kappa shape index (κ3) is 2.48. The Kier molecular flexibility index (Phi) is 3.80. The van der Waals surface area contributed by atoms with Crippen LogP contribution in [0.1, 0.15) is 52.9 Å². The molecule has 0 aromatic heterocycles. The van der Waals surface area contributed by atoms with E-state index in [0.29, 0.717) is 17.9 Å². The summed E-state index contributed by atoms with van der Waals surface area (Å²) in [6.07, 6.45) is 5.84. The van der Waals surface area contributed by atoms with Gasteiger partial charge in [-0.1, -0.05) is 20.8 Å². The van der Waals surface area contributed by atoms with Crippen LogP contribution in [0.2, 0.25) is 0 Å². The molecule has 3 fully saturated rings. The van der Waals surface area contributed by atoms with Gasteiger partial charge in [0.25, 0.3) is 0 Å². The molecule has 1 saturated carbocycles. The van der Waals surface area contributed by atoms with E-state index in [1.807, 2.05) is 0 Å². The molecule has 1 spiro atoms. The Hall–Kier alpha value is -0.610. The first-order valence-electron chi connectivity index (χ1n) is 8.38. The van der Waals surface area contributed by atoms with E-state index >= 15 is 0 Å². The number of likely N-dealkylation sites (tertiary alicyclic amines) is 1. The number of likely N-dealkylation sites (N-methyl/N-ethyl adjacent to an activating group) is 1. The first kappa shape index (κ1) is 14.3. The maximum absolute atomic E-state index is 12.8. The smallest absolute Gasteiger partial charge is 0.244 e. The number of hydrogen-bond donors (Lipinski definition) is 1. The molecule has 2 heterocycles. The quantitative estimate of drug-likeness (QED) is 0.852. The molecule has 2 aliphatic heterocycles. The number of piperidine rings is 1. The largest absolute Gasteiger partial charge is 0.321 e. The fourth-order valence-corrected chi connectivity index (χ4v) is 3.91. The van der Waals surface area contributed by atoms with E-state index in [9.17, 15) is 4.79 Å². The minimum atomic E-state index is -0.159. The van der Waals surface area contributed by atoms with Gasteiger partial charge in [0.2, 0.25) is 5.91 Å². The highest BCUT2D eigenvalue weighted by atomic mass is 16.2. The number of amides is 1. The minimum absolute atomic E-state index is 0.159. The molecular formula is C16H29N3O. The van der Waals surface area contributed by atoms with Crippen LogP contribution in [0.15, 0.2) is 0 Å². The zero-order chi connectivity index (χ0) is 14.3. The molecule has 114 valence electrons. The van der Waals surface area contributed by atoms with Crippen LogP contribution in [0.25, 0.3) is 0 Å². The lowest BCUT2D eigenvalue weighted by Crippen LogP contribution is -2.52. The van der Waals surface area contributed by atoms with Crippen LogP contribution < -0.4 is 5.32 Å². The van der Waals surface area contributed by atoms with Crippen LogP contribution in [-0.2, 0) is 4.79 Å². The zero-order valence-corrected chi connectivity index (χ0v) is 13.2. The molecule has 1 aliphatic carbocycles. The number of nitrogens with one attached hydrogen (secondary N) is 1. The maximum atomic E-state index is 12.8. The van der Waals surface area contributed by atoms with Crippen molar-refractivity contribution in [2.75, 3.05) is 19.6 Å². The summed E-state index contributed by atoms with van der Waals surface area (Å²) in [4.78, 5) is 17.5. The van der Waals surface area contributed by atoms with Gasteiger partial charge in [0, 0.05) is 12.6 Å². The Morgan fingerprint density at radius 3 is 2.75 bits per heavy atom. The van der Waals surface area contributed by atoms with Gasteiger partial charge in [-0.15, -0.1) is 0 Å². The molecule has 20 heavy (non-hydrogen) atoms. The number of rotatable bonds is 4. The van der Waals surface area contributed by atoms with E-state index in [1.165, 1.54) is 19.4 Å². The van der Waals surface area contributed by atoms with Gasteiger partial charge in [-0.3, -0.25) is 10.1 Å². The van der Waals surface area contributed by atoms with Crippen LogP contribution in [0.4, 0.5) is 0 Å². The predicted molar refractivity (Wildman–Crippen MR) is 80.3 cm³/mol. The molecule has 2 atom stereocenters. The Bertz CT molecular complexity index is 378. The molecule has 2 saturated heterocycles. The minimum Gasteiger partial charge on any atom is -0.321 e. The first-order valence-corrected chi connectivity index (χ1v) is 8.38. The van der Waals surface area contributed by atoms with E-state index in [-0.39, 0.29) is 11.7 Å². The second-order valence-corrected chi connectivity index (χ2v) is 7.27. The third-order valence-corrected chi connectivity index (χ3v) is 5.19. The van der Waals surface area contributed by atoms with Crippen LogP contribution in [-0.4, -0.2) is 53.1 Å². The Balaban J connectivity index is 1.75. The molecule has 3 aliphatic rings. The molecule has 4 heteroatoms. The van der Waals surface area contributed by atoms with Gasteiger partial charge >= 0.3 is 0 Å². The zero-order valence-electron chi connectivity index (χ0n) is 13.2. The van der Waals surface area contributed by atoms with Crippen molar-refractivity contribution >= 4 is 5.91 Å². The van der Waals surface area contributed by atoms with E-state index in [0.717, 1.165) is 32.4 Å². The second kappa shape index (κ2) is 5.30. The van der Waals surface area contributed by atoms with Crippen molar-refractivity contribution in [3.05, 3.63) is 0 Å². The SMILES string of the molecule is CCN1CCCC(N2C(=O)C3(CC3)NC2CC(C)C)C1. The highest BCUT2D eigenvalue weighted by Crippen LogP contribution is 2.44. The summed E-state index contributed by atoms with van der Waals surface area (Å²) < 4.78 is 0. The molecule has 0 aromatic carbocycles. The van der Waals surface area contributed by atoms with Crippen LogP contribution in [0, 0.1) is 5.92 Å². The highest BCUT2D eigenvalue weighted by Gasteiger charge is 2.60. The van der Waals surface area contributed by atoms with E-state index in [4.69, 9.17) is 0 Å². The summed E-state index contributed by atoms with van der Waals surface area (Å²) in [6, 6.07) is 0.424. The lowest BCUT2D eigenvalue weighted by atomic mass is 10.0. The van der Waals surface area contributed by atoms with Gasteiger partial charge < -0.3 is 9.80 Å². The number of carbonyl (C=O) groups excluding carboxylic acids is 1. The average molecular weight is 279 g/mol. The number of hydrogen-bond acceptors (Lipinski definition) is 3. The monoisotopic (exact) mass is 279 g/mol. The number of nitrogens with zero attached hydrogens (tertiary/aromatic N) is 2. The topological polar surface area (TPSA) is 35.6 Å². The molecule has 0 radical (unpaired) electrons. The van der Waals surface area contributed by atoms with Crippen molar-refractivity contribution in [3.63, 3.8) is 0 Å². The molecule has 4 nitrogen and oxygen atoms in total. The van der Waals surface area contributed by atoms with Gasteiger partial charge in [0.15, 0.2) is 0 Å². The summed E-state index contributed by atoms with van der Waals surface area (Å²) in [5, 5.41) is 3.66.